The van der Waals surface area contributed by atoms with Crippen molar-refractivity contribution >= 4 is 28.9 Å². The highest BCUT2D eigenvalue weighted by Gasteiger charge is 2.26. The van der Waals surface area contributed by atoms with Gasteiger partial charge in [0.25, 0.3) is 11.5 Å². The van der Waals surface area contributed by atoms with Crippen LogP contribution in [0.3, 0.4) is 0 Å². The van der Waals surface area contributed by atoms with Gasteiger partial charge in [-0.25, -0.2) is 11.6 Å². The Bertz CT molecular complexity index is 1330. The summed E-state index contributed by atoms with van der Waals surface area (Å²) in [6.07, 6.45) is 7.23. The minimum Gasteiger partial charge on any atom is -0.373 e. The van der Waals surface area contributed by atoms with E-state index in [0.717, 1.165) is 45.3 Å². The van der Waals surface area contributed by atoms with Crippen LogP contribution in [0.5, 0.6) is 0 Å². The van der Waals surface area contributed by atoms with Crippen molar-refractivity contribution in [3.63, 3.8) is 0 Å². The molecule has 11 heteroatoms. The van der Waals surface area contributed by atoms with Crippen LogP contribution in [0.4, 0.5) is 17.3 Å². The maximum absolute atomic E-state index is 13.4. The first-order valence-electron chi connectivity index (χ1n) is 12.0. The third-order valence-electron chi connectivity index (χ3n) is 6.52. The molecule has 2 fully saturated rings. The number of pyridine rings is 1. The summed E-state index contributed by atoms with van der Waals surface area (Å²) in [5.41, 5.74) is 1.09. The Kier molecular flexibility index (Phi) is 6.37. The Morgan fingerprint density at radius 2 is 2.17 bits per heavy atom. The predicted octanol–water partition coefficient (Wildman–Crippen LogP) is 2.12. The van der Waals surface area contributed by atoms with Crippen LogP contribution < -0.4 is 21.5 Å². The number of nitrogens with one attached hydrogen (secondary N) is 3. The molecule has 0 spiro atoms. The average molecular weight is 476 g/mol. The lowest BCUT2D eigenvalue weighted by molar-refractivity contribution is 0.0952. The molecule has 0 unspecified atom stereocenters. The van der Waals surface area contributed by atoms with E-state index in [1.807, 2.05) is 12.3 Å². The molecule has 2 aliphatic rings. The molecule has 1 saturated carbocycles. The second kappa shape index (κ2) is 9.76. The predicted molar refractivity (Wildman–Crippen MR) is 133 cm³/mol. The summed E-state index contributed by atoms with van der Waals surface area (Å²) < 4.78 is 3.35. The third-order valence-corrected chi connectivity index (χ3v) is 6.52. The molecule has 11 nitrogen and oxygen atoms in total. The molecule has 4 heterocycles. The largest absolute Gasteiger partial charge is 0.373 e. The monoisotopic (exact) mass is 475 g/mol. The maximum Gasteiger partial charge on any atom is 0.274 e. The SMILES string of the molecule is [C-]#[N+]CCN1CCC[C@@H](n2cccc(Nc3cc(NC)n4ncc(C(=O)NC5CC5)c4n3)c2=O)C1. The molecule has 0 radical (unpaired) electrons. The van der Waals surface area contributed by atoms with Crippen molar-refractivity contribution in [3.8, 4) is 0 Å². The van der Waals surface area contributed by atoms with Gasteiger partial charge in [0.05, 0.1) is 12.7 Å². The first-order valence-corrected chi connectivity index (χ1v) is 12.0. The van der Waals surface area contributed by atoms with Crippen molar-refractivity contribution in [1.82, 2.24) is 29.4 Å². The Labute approximate surface area is 203 Å². The molecule has 5 rings (SSSR count). The molecule has 3 aromatic heterocycles. The fourth-order valence-corrected chi connectivity index (χ4v) is 4.54. The summed E-state index contributed by atoms with van der Waals surface area (Å²) in [7, 11) is 1.77. The minimum atomic E-state index is -0.198. The standard InChI is InChI=1S/C24H29N9O2/c1-25-9-12-31-10-3-5-17(15-31)32-11-4-6-19(24(32)35)29-20-13-21(26-2)33-22(30-20)18(14-27-33)23(34)28-16-7-8-16/h4,6,11,13-14,16-17,26H,3,5,7-10,12,15H2,2H3,(H,28,34)(H,29,30)/t17-/m1/s1. The Balaban J connectivity index is 1.42. The zero-order chi connectivity index (χ0) is 24.4. The van der Waals surface area contributed by atoms with Crippen LogP contribution in [0.1, 0.15) is 42.1 Å². The zero-order valence-corrected chi connectivity index (χ0v) is 19.7. The lowest BCUT2D eigenvalue weighted by Gasteiger charge is -2.32. The van der Waals surface area contributed by atoms with E-state index < -0.39 is 0 Å². The van der Waals surface area contributed by atoms with Gasteiger partial charge in [0, 0.05) is 37.9 Å². The molecule has 3 N–H and O–H groups in total. The van der Waals surface area contributed by atoms with E-state index in [9.17, 15) is 9.59 Å². The Morgan fingerprint density at radius 3 is 2.94 bits per heavy atom. The van der Waals surface area contributed by atoms with Gasteiger partial charge in [0.2, 0.25) is 6.54 Å². The van der Waals surface area contributed by atoms with Crippen molar-refractivity contribution in [2.45, 2.75) is 37.8 Å². The molecular formula is C24H29N9O2. The van der Waals surface area contributed by atoms with Crippen molar-refractivity contribution in [2.75, 3.05) is 43.9 Å². The molecule has 35 heavy (non-hydrogen) atoms. The van der Waals surface area contributed by atoms with Gasteiger partial charge in [0.15, 0.2) is 5.65 Å². The number of fused-ring (bicyclic) bond motifs is 1. The second-order valence-corrected chi connectivity index (χ2v) is 9.06. The van der Waals surface area contributed by atoms with Crippen LogP contribution in [0.2, 0.25) is 0 Å². The topological polar surface area (TPSA) is 113 Å². The molecule has 3 aromatic rings. The number of anilines is 3. The first-order chi connectivity index (χ1) is 17.1. The van der Waals surface area contributed by atoms with Crippen molar-refractivity contribution in [2.24, 2.45) is 0 Å². The number of hydrogen-bond donors (Lipinski definition) is 3. The van der Waals surface area contributed by atoms with Crippen LogP contribution in [0, 0.1) is 6.57 Å². The molecule has 0 bridgehead atoms. The highest BCUT2D eigenvalue weighted by Crippen LogP contribution is 2.24. The van der Waals surface area contributed by atoms with Crippen LogP contribution in [-0.2, 0) is 0 Å². The number of hydrogen-bond acceptors (Lipinski definition) is 7. The van der Waals surface area contributed by atoms with Crippen LogP contribution in [0.15, 0.2) is 35.4 Å². The molecule has 1 aliphatic heterocycles. The van der Waals surface area contributed by atoms with Gasteiger partial charge in [-0.15, -0.1) is 0 Å². The quantitative estimate of drug-likeness (QED) is 0.428. The van der Waals surface area contributed by atoms with Gasteiger partial charge in [-0.1, -0.05) is 0 Å². The Hall–Kier alpha value is -3.91. The van der Waals surface area contributed by atoms with E-state index in [1.165, 1.54) is 6.20 Å². The summed E-state index contributed by atoms with van der Waals surface area (Å²) in [5, 5.41) is 13.5. The van der Waals surface area contributed by atoms with Crippen LogP contribution in [0.25, 0.3) is 10.5 Å². The third kappa shape index (κ3) is 4.83. The van der Waals surface area contributed by atoms with E-state index in [-0.39, 0.29) is 23.6 Å². The van der Waals surface area contributed by atoms with E-state index in [4.69, 9.17) is 6.57 Å². The molecule has 0 aromatic carbocycles. The first kappa shape index (κ1) is 22.9. The van der Waals surface area contributed by atoms with E-state index in [0.29, 0.717) is 35.1 Å². The van der Waals surface area contributed by atoms with Gasteiger partial charge in [-0.05, 0) is 44.4 Å². The summed E-state index contributed by atoms with van der Waals surface area (Å²) in [6, 6.07) is 5.63. The second-order valence-electron chi connectivity index (χ2n) is 9.06. The van der Waals surface area contributed by atoms with Crippen LogP contribution >= 0.6 is 0 Å². The lowest BCUT2D eigenvalue weighted by Crippen LogP contribution is -2.40. The highest BCUT2D eigenvalue weighted by atomic mass is 16.2. The molecule has 1 atom stereocenters. The maximum atomic E-state index is 13.4. The molecular weight excluding hydrogens is 446 g/mol. The van der Waals surface area contributed by atoms with Crippen molar-refractivity contribution < 1.29 is 4.79 Å². The van der Waals surface area contributed by atoms with Gasteiger partial charge in [-0.2, -0.15) is 9.61 Å². The smallest absolute Gasteiger partial charge is 0.274 e. The normalized spacial score (nSPS) is 18.2. The van der Waals surface area contributed by atoms with Crippen molar-refractivity contribution in [3.05, 3.63) is 57.9 Å². The van der Waals surface area contributed by atoms with E-state index in [1.54, 1.807) is 28.3 Å². The number of nitrogens with zero attached hydrogens (tertiary/aromatic N) is 6. The number of carbonyl (C=O) groups is 1. The number of piperidine rings is 1. The zero-order valence-electron chi connectivity index (χ0n) is 19.7. The number of carbonyl (C=O) groups excluding carboxylic acids is 1. The summed E-state index contributed by atoms with van der Waals surface area (Å²) >= 11 is 0. The summed E-state index contributed by atoms with van der Waals surface area (Å²) in [5.74, 6) is 0.887. The average Bonchev–Trinajstić information content (AvgIpc) is 3.58. The number of likely N-dealkylation sites (tertiary alicyclic amines) is 1. The van der Waals surface area contributed by atoms with E-state index in [2.05, 4.69) is 35.8 Å². The number of amides is 1. The van der Waals surface area contributed by atoms with Crippen LogP contribution in [-0.4, -0.2) is 69.2 Å². The molecule has 1 amide bonds. The summed E-state index contributed by atoms with van der Waals surface area (Å²) in [6.45, 7) is 9.95. The molecule has 1 aliphatic carbocycles. The van der Waals surface area contributed by atoms with Gasteiger partial charge < -0.3 is 25.4 Å². The van der Waals surface area contributed by atoms with Crippen molar-refractivity contribution in [1.29, 1.82) is 0 Å². The molecule has 182 valence electrons. The summed E-state index contributed by atoms with van der Waals surface area (Å²) in [4.78, 5) is 36.4. The lowest BCUT2D eigenvalue weighted by atomic mass is 10.1. The van der Waals surface area contributed by atoms with E-state index >= 15 is 0 Å². The number of aromatic nitrogens is 4. The fraction of sp³-hybridized carbons (Fsp3) is 0.458. The highest BCUT2D eigenvalue weighted by molar-refractivity contribution is 6.00. The molecule has 1 saturated heterocycles. The van der Waals surface area contributed by atoms with Gasteiger partial charge in [0.1, 0.15) is 22.9 Å². The Morgan fingerprint density at radius 1 is 1.31 bits per heavy atom. The van der Waals surface area contributed by atoms with Gasteiger partial charge >= 0.3 is 0 Å². The fourth-order valence-electron chi connectivity index (χ4n) is 4.54. The minimum absolute atomic E-state index is 0.0552. The number of rotatable bonds is 8. The van der Waals surface area contributed by atoms with Gasteiger partial charge in [-0.3, -0.25) is 14.5 Å².